The minimum Gasteiger partial charge on any atom is -0.497 e. The van der Waals surface area contributed by atoms with Crippen LogP contribution in [0.15, 0.2) is 95.9 Å². The second kappa shape index (κ2) is 11.2. The summed E-state index contributed by atoms with van der Waals surface area (Å²) in [6.45, 7) is 6.81. The van der Waals surface area contributed by atoms with Crippen molar-refractivity contribution in [1.82, 2.24) is 0 Å². The van der Waals surface area contributed by atoms with E-state index in [4.69, 9.17) is 4.74 Å². The molecule has 3 heteroatoms. The average molecular weight is 490 g/mol. The third-order valence-electron chi connectivity index (χ3n) is 6.50. The van der Waals surface area contributed by atoms with Gasteiger partial charge in [-0.05, 0) is 93.5 Å². The monoisotopic (exact) mass is 489 g/mol. The molecule has 0 fully saturated rings. The number of terminal acetylenes is 1. The zero-order chi connectivity index (χ0) is 25.7. The van der Waals surface area contributed by atoms with Crippen molar-refractivity contribution >= 4 is 39.2 Å². The lowest BCUT2D eigenvalue weighted by Crippen LogP contribution is -1.98. The lowest BCUT2D eigenvalue weighted by atomic mass is 9.85. The van der Waals surface area contributed by atoms with Crippen molar-refractivity contribution in [3.8, 4) is 29.7 Å². The Hall–Kier alpha value is -3.87. The summed E-state index contributed by atoms with van der Waals surface area (Å²) >= 11 is 1.63. The van der Waals surface area contributed by atoms with Gasteiger partial charge in [0.1, 0.15) is 5.75 Å². The van der Waals surface area contributed by atoms with E-state index < -0.39 is 0 Å². The van der Waals surface area contributed by atoms with Crippen molar-refractivity contribution in [3.05, 3.63) is 102 Å². The summed E-state index contributed by atoms with van der Waals surface area (Å²) in [5.74, 6) is 1.29. The molecule has 5 aromatic carbocycles. The Morgan fingerprint density at radius 2 is 1.42 bits per heavy atom. The Labute approximate surface area is 218 Å². The van der Waals surface area contributed by atoms with Crippen LogP contribution in [0.4, 0.5) is 5.69 Å². The van der Waals surface area contributed by atoms with Gasteiger partial charge in [0.15, 0.2) is 0 Å². The largest absolute Gasteiger partial charge is 0.497 e. The topological polar surface area (TPSA) is 21.3 Å². The van der Waals surface area contributed by atoms with E-state index >= 15 is 0 Å². The van der Waals surface area contributed by atoms with Gasteiger partial charge in [-0.2, -0.15) is 0 Å². The van der Waals surface area contributed by atoms with E-state index in [-0.39, 0.29) is 0 Å². The fourth-order valence-electron chi connectivity index (χ4n) is 4.69. The highest BCUT2D eigenvalue weighted by atomic mass is 32.2. The molecule has 0 unspecified atom stereocenters. The maximum absolute atomic E-state index is 5.30. The summed E-state index contributed by atoms with van der Waals surface area (Å²) in [6.07, 6.45) is 8.00. The molecule has 0 spiro atoms. The van der Waals surface area contributed by atoms with Crippen LogP contribution in [-0.4, -0.2) is 7.11 Å². The molecule has 0 radical (unpaired) electrons. The molecule has 0 aromatic heterocycles. The lowest BCUT2D eigenvalue weighted by molar-refractivity contribution is 0.414. The number of hydrogen-bond donors (Lipinski definition) is 1. The zero-order valence-corrected chi connectivity index (χ0v) is 22.0. The third-order valence-corrected chi connectivity index (χ3v) is 7.33. The van der Waals surface area contributed by atoms with E-state index in [9.17, 15) is 0 Å². The van der Waals surface area contributed by atoms with Gasteiger partial charge >= 0.3 is 0 Å². The molecule has 2 nitrogen and oxygen atoms in total. The highest BCUT2D eigenvalue weighted by molar-refractivity contribution is 8.00. The second-order valence-electron chi connectivity index (χ2n) is 8.93. The van der Waals surface area contributed by atoms with E-state index in [0.29, 0.717) is 5.92 Å². The summed E-state index contributed by atoms with van der Waals surface area (Å²) in [6, 6.07) is 32.4. The van der Waals surface area contributed by atoms with E-state index in [1.807, 2.05) is 12.1 Å². The van der Waals surface area contributed by atoms with Crippen molar-refractivity contribution < 1.29 is 4.74 Å². The first-order valence-electron chi connectivity index (χ1n) is 12.0. The first-order valence-corrected chi connectivity index (χ1v) is 12.8. The summed E-state index contributed by atoms with van der Waals surface area (Å²) in [5.41, 5.74) is 6.45. The summed E-state index contributed by atoms with van der Waals surface area (Å²) < 4.78 is 8.95. The fourth-order valence-corrected chi connectivity index (χ4v) is 5.36. The third kappa shape index (κ3) is 4.91. The fraction of sp³-hybridized carbons (Fsp3) is 0.152. The van der Waals surface area contributed by atoms with Gasteiger partial charge in [-0.3, -0.25) is 0 Å². The molecule has 0 amide bonds. The van der Waals surface area contributed by atoms with Crippen LogP contribution in [0.3, 0.4) is 0 Å². The lowest BCUT2D eigenvalue weighted by Gasteiger charge is -2.21. The van der Waals surface area contributed by atoms with Crippen molar-refractivity contribution in [2.75, 3.05) is 11.8 Å². The highest BCUT2D eigenvalue weighted by Gasteiger charge is 2.17. The first kappa shape index (κ1) is 25.2. The number of hydrogen-bond acceptors (Lipinski definition) is 3. The minimum absolute atomic E-state index is 0.426. The highest BCUT2D eigenvalue weighted by Crippen LogP contribution is 2.42. The molecule has 5 rings (SSSR count). The van der Waals surface area contributed by atoms with Crippen LogP contribution in [0.2, 0.25) is 0 Å². The summed E-state index contributed by atoms with van der Waals surface area (Å²) in [5, 5.41) is 5.09. The number of anilines is 1. The average Bonchev–Trinajstić information content (AvgIpc) is 2.93. The standard InChI is InChI=1S/C31H29NOS.C2H2/c1-20(2)25-18-13-22-9-5-6-11-27(22)31(25)29-19-30(28-12-8-7-10-26(28)21(29)3)32-34-24-16-14-23(33-4)15-17-24;1-2/h5-20,32H,1-4H3;1-2H. The van der Waals surface area contributed by atoms with Gasteiger partial charge in [-0.1, -0.05) is 74.5 Å². The second-order valence-corrected chi connectivity index (χ2v) is 9.81. The smallest absolute Gasteiger partial charge is 0.118 e. The normalized spacial score (nSPS) is 10.8. The number of methoxy groups -OCH3 is 1. The van der Waals surface area contributed by atoms with Gasteiger partial charge in [-0.15, -0.1) is 12.8 Å². The van der Waals surface area contributed by atoms with Gasteiger partial charge < -0.3 is 9.46 Å². The van der Waals surface area contributed by atoms with Crippen LogP contribution >= 0.6 is 11.9 Å². The van der Waals surface area contributed by atoms with E-state index in [2.05, 4.69) is 117 Å². The molecule has 0 atom stereocenters. The van der Waals surface area contributed by atoms with Gasteiger partial charge in [0.25, 0.3) is 0 Å². The molecular formula is C33H31NOS. The quantitative estimate of drug-likeness (QED) is 0.189. The number of ether oxygens (including phenoxy) is 1. The SMILES string of the molecule is C#C.COc1ccc(SNc2cc(-c3c(C(C)C)ccc4ccccc34)c(C)c3ccccc23)cc1. The van der Waals surface area contributed by atoms with E-state index in [1.54, 1.807) is 19.1 Å². The van der Waals surface area contributed by atoms with Crippen molar-refractivity contribution in [1.29, 1.82) is 0 Å². The molecule has 5 aromatic rings. The number of aryl methyl sites for hydroxylation is 1. The van der Waals surface area contributed by atoms with Crippen LogP contribution in [0.25, 0.3) is 32.7 Å². The molecule has 0 bridgehead atoms. The Kier molecular flexibility index (Phi) is 7.88. The Morgan fingerprint density at radius 3 is 2.08 bits per heavy atom. The van der Waals surface area contributed by atoms with Gasteiger partial charge in [0.2, 0.25) is 0 Å². The molecule has 0 saturated carbocycles. The molecule has 0 aliphatic carbocycles. The predicted octanol–water partition coefficient (Wildman–Crippen LogP) is 9.47. The Morgan fingerprint density at radius 1 is 0.778 bits per heavy atom. The van der Waals surface area contributed by atoms with Crippen LogP contribution < -0.4 is 9.46 Å². The van der Waals surface area contributed by atoms with Crippen LogP contribution in [0, 0.1) is 19.8 Å². The molecule has 0 heterocycles. The molecule has 0 aliphatic rings. The van der Waals surface area contributed by atoms with Crippen molar-refractivity contribution in [2.45, 2.75) is 31.6 Å². The van der Waals surface area contributed by atoms with Crippen LogP contribution in [0.5, 0.6) is 5.75 Å². The number of nitrogens with one attached hydrogen (secondary N) is 1. The van der Waals surface area contributed by atoms with Crippen molar-refractivity contribution in [2.24, 2.45) is 0 Å². The van der Waals surface area contributed by atoms with E-state index in [0.717, 1.165) is 16.3 Å². The Balaban J connectivity index is 0.00000148. The number of fused-ring (bicyclic) bond motifs is 2. The van der Waals surface area contributed by atoms with Crippen LogP contribution in [-0.2, 0) is 0 Å². The maximum Gasteiger partial charge on any atom is 0.118 e. The van der Waals surface area contributed by atoms with Gasteiger partial charge in [-0.25, -0.2) is 0 Å². The molecule has 0 saturated heterocycles. The van der Waals surface area contributed by atoms with E-state index in [1.165, 1.54) is 43.8 Å². The predicted molar refractivity (Wildman–Crippen MR) is 158 cm³/mol. The van der Waals surface area contributed by atoms with Crippen LogP contribution in [0.1, 0.15) is 30.9 Å². The maximum atomic E-state index is 5.30. The summed E-state index contributed by atoms with van der Waals surface area (Å²) in [4.78, 5) is 1.14. The van der Waals surface area contributed by atoms with Gasteiger partial charge in [0, 0.05) is 10.3 Å². The molecule has 1 N–H and O–H groups in total. The molecule has 0 aliphatic heterocycles. The summed E-state index contributed by atoms with van der Waals surface area (Å²) in [7, 11) is 1.69. The molecule has 180 valence electrons. The number of rotatable bonds is 6. The molecular weight excluding hydrogens is 458 g/mol. The Bertz CT molecular complexity index is 1520. The zero-order valence-electron chi connectivity index (χ0n) is 21.2. The number of benzene rings is 5. The van der Waals surface area contributed by atoms with Gasteiger partial charge in [0.05, 0.1) is 12.8 Å². The van der Waals surface area contributed by atoms with Crippen molar-refractivity contribution in [3.63, 3.8) is 0 Å². The minimum atomic E-state index is 0.426. The molecule has 36 heavy (non-hydrogen) atoms. The first-order chi connectivity index (χ1) is 17.6.